The van der Waals surface area contributed by atoms with Crippen LogP contribution in [0.25, 0.3) is 0 Å². The quantitative estimate of drug-likeness (QED) is 0.539. The second-order valence-electron chi connectivity index (χ2n) is 9.28. The molecule has 1 saturated carbocycles. The predicted molar refractivity (Wildman–Crippen MR) is 126 cm³/mol. The van der Waals surface area contributed by atoms with Gasteiger partial charge < -0.3 is 9.88 Å². The Hall–Kier alpha value is -2.29. The predicted octanol–water partition coefficient (Wildman–Crippen LogP) is 2.94. The molecule has 1 N–H and O–H groups in total. The van der Waals surface area contributed by atoms with Gasteiger partial charge in [0.2, 0.25) is 5.92 Å². The number of piperazine rings is 1. The number of hydrogen-bond donors (Lipinski definition) is 1. The van der Waals surface area contributed by atoms with Gasteiger partial charge in [0.1, 0.15) is 23.0 Å². The van der Waals surface area contributed by atoms with Crippen molar-refractivity contribution in [2.24, 2.45) is 7.05 Å². The molecule has 8 nitrogen and oxygen atoms in total. The van der Waals surface area contributed by atoms with Crippen LogP contribution in [0.3, 0.4) is 0 Å². The van der Waals surface area contributed by atoms with Gasteiger partial charge in [0.05, 0.1) is 6.33 Å². The molecular formula is C22H27ClF5N5O3S. The second kappa shape index (κ2) is 10.8. The number of benzene rings is 1. The zero-order valence-corrected chi connectivity index (χ0v) is 21.5. The van der Waals surface area contributed by atoms with Crippen molar-refractivity contribution in [2.45, 2.75) is 42.2 Å². The number of aromatic nitrogens is 2. The Balaban J connectivity index is 0.00000380. The van der Waals surface area contributed by atoms with Gasteiger partial charge in [-0.25, -0.2) is 35.4 Å². The number of alkyl halides is 2. The van der Waals surface area contributed by atoms with Crippen LogP contribution in [0.15, 0.2) is 29.7 Å². The number of carbonyl (C=O) groups excluding carboxylic acids is 1. The molecule has 2 fully saturated rings. The summed E-state index contributed by atoms with van der Waals surface area (Å²) in [5.74, 6) is -7.93. The minimum atomic E-state index is -3.84. The molecule has 1 amide bonds. The van der Waals surface area contributed by atoms with Gasteiger partial charge in [-0.15, -0.1) is 12.4 Å². The molecule has 1 saturated heterocycles. The van der Waals surface area contributed by atoms with E-state index in [1.165, 1.54) is 21.4 Å². The molecule has 37 heavy (non-hydrogen) atoms. The minimum absolute atomic E-state index is 0. The summed E-state index contributed by atoms with van der Waals surface area (Å²) in [4.78, 5) is 18.3. The van der Waals surface area contributed by atoms with Crippen LogP contribution in [0.5, 0.6) is 0 Å². The molecule has 0 unspecified atom stereocenters. The number of rotatable bonds is 6. The van der Waals surface area contributed by atoms with Crippen LogP contribution in [-0.2, 0) is 17.1 Å². The molecule has 0 radical (unpaired) electrons. The van der Waals surface area contributed by atoms with E-state index in [1.54, 1.807) is 7.05 Å². The lowest BCUT2D eigenvalue weighted by molar-refractivity contribution is -0.0856. The Bertz CT molecular complexity index is 1220. The van der Waals surface area contributed by atoms with Crippen molar-refractivity contribution >= 4 is 28.3 Å². The normalized spacial score (nSPS) is 20.3. The van der Waals surface area contributed by atoms with Crippen LogP contribution in [0.2, 0.25) is 0 Å². The zero-order chi connectivity index (χ0) is 26.3. The molecule has 206 valence electrons. The smallest absolute Gasteiger partial charge is 0.262 e. The molecule has 2 aromatic rings. The molecule has 2 aliphatic rings. The van der Waals surface area contributed by atoms with Crippen molar-refractivity contribution < 1.29 is 35.2 Å². The van der Waals surface area contributed by atoms with E-state index in [4.69, 9.17) is 0 Å². The number of nitrogens with one attached hydrogen (secondary N) is 1. The molecule has 15 heteroatoms. The van der Waals surface area contributed by atoms with Gasteiger partial charge in [0.15, 0.2) is 5.03 Å². The Morgan fingerprint density at radius 3 is 2.11 bits per heavy atom. The maximum atomic E-state index is 14.1. The van der Waals surface area contributed by atoms with E-state index in [0.717, 1.165) is 0 Å². The van der Waals surface area contributed by atoms with E-state index in [9.17, 15) is 35.2 Å². The van der Waals surface area contributed by atoms with E-state index in [2.05, 4.69) is 10.3 Å². The molecule has 1 aromatic carbocycles. The lowest BCUT2D eigenvalue weighted by atomic mass is 9.78. The molecule has 0 spiro atoms. The first kappa shape index (κ1) is 29.3. The standard InChI is InChI=1S/C22H26F5N5O3S.ClH/c1-30-12-18(29-14-30)36(34,35)32-8-6-31(7-9-32)21(2-4-22(26,27)5-3-21)13-28-20(33)19-16(24)10-15(23)11-17(19)25;/h10-12,14H,2-9,13H2,1H3,(H,28,33);1H. The molecule has 1 aliphatic carbocycles. The van der Waals surface area contributed by atoms with Crippen LogP contribution in [0.4, 0.5) is 22.0 Å². The summed E-state index contributed by atoms with van der Waals surface area (Å²) in [6.45, 7) is 0.364. The summed E-state index contributed by atoms with van der Waals surface area (Å²) in [6.07, 6.45) is 1.83. The summed E-state index contributed by atoms with van der Waals surface area (Å²) in [6, 6.07) is 0.770. The van der Waals surface area contributed by atoms with Crippen molar-refractivity contribution in [3.63, 3.8) is 0 Å². The fourth-order valence-corrected chi connectivity index (χ4v) is 6.22. The highest BCUT2D eigenvalue weighted by Gasteiger charge is 2.48. The maximum Gasteiger partial charge on any atom is 0.262 e. The summed E-state index contributed by atoms with van der Waals surface area (Å²) in [5, 5.41) is 2.34. The topological polar surface area (TPSA) is 87.5 Å². The largest absolute Gasteiger partial charge is 0.350 e. The van der Waals surface area contributed by atoms with E-state index in [-0.39, 0.29) is 63.0 Å². The van der Waals surface area contributed by atoms with E-state index >= 15 is 0 Å². The minimum Gasteiger partial charge on any atom is -0.350 e. The second-order valence-corrected chi connectivity index (χ2v) is 11.2. The Morgan fingerprint density at radius 1 is 1.03 bits per heavy atom. The number of hydrogen-bond acceptors (Lipinski definition) is 5. The van der Waals surface area contributed by atoms with E-state index in [1.807, 2.05) is 4.90 Å². The first-order valence-electron chi connectivity index (χ1n) is 11.4. The number of sulfonamides is 1. The van der Waals surface area contributed by atoms with E-state index in [0.29, 0.717) is 12.1 Å². The molecular weight excluding hydrogens is 545 g/mol. The number of amides is 1. The lowest BCUT2D eigenvalue weighted by Crippen LogP contribution is -2.63. The molecule has 4 rings (SSSR count). The zero-order valence-electron chi connectivity index (χ0n) is 19.9. The van der Waals surface area contributed by atoms with Crippen LogP contribution in [0.1, 0.15) is 36.0 Å². The van der Waals surface area contributed by atoms with Crippen molar-refractivity contribution in [1.29, 1.82) is 0 Å². The fourth-order valence-electron chi connectivity index (χ4n) is 4.84. The fraction of sp³-hybridized carbons (Fsp3) is 0.545. The average Bonchev–Trinajstić information content (AvgIpc) is 3.25. The summed E-state index contributed by atoms with van der Waals surface area (Å²) < 4.78 is 97.9. The summed E-state index contributed by atoms with van der Waals surface area (Å²) in [7, 11) is -2.19. The van der Waals surface area contributed by atoms with Gasteiger partial charge in [0, 0.05) is 76.5 Å². The third-order valence-electron chi connectivity index (χ3n) is 6.92. The van der Waals surface area contributed by atoms with Crippen molar-refractivity contribution in [3.05, 3.63) is 47.7 Å². The first-order chi connectivity index (χ1) is 16.8. The van der Waals surface area contributed by atoms with Gasteiger partial charge in [0.25, 0.3) is 15.9 Å². The van der Waals surface area contributed by atoms with E-state index < -0.39 is 63.2 Å². The Labute approximate surface area is 217 Å². The SMILES string of the molecule is Cl.Cn1cnc(S(=O)(=O)N2CCN(C3(CNC(=O)c4c(F)cc(F)cc4F)CCC(F)(F)CC3)CC2)c1. The highest BCUT2D eigenvalue weighted by Crippen LogP contribution is 2.42. The van der Waals surface area contributed by atoms with Crippen LogP contribution in [-0.4, -0.2) is 77.3 Å². The Morgan fingerprint density at radius 2 is 1.59 bits per heavy atom. The first-order valence-corrected chi connectivity index (χ1v) is 12.8. The van der Waals surface area contributed by atoms with Crippen molar-refractivity contribution in [1.82, 2.24) is 24.1 Å². The third-order valence-corrected chi connectivity index (χ3v) is 8.70. The average molecular weight is 572 g/mol. The van der Waals surface area contributed by atoms with Gasteiger partial charge in [-0.1, -0.05) is 0 Å². The summed E-state index contributed by atoms with van der Waals surface area (Å²) in [5.41, 5.74) is -1.93. The number of aryl methyl sites for hydroxylation is 1. The van der Waals surface area contributed by atoms with Crippen LogP contribution in [0, 0.1) is 17.5 Å². The molecule has 1 aliphatic heterocycles. The van der Waals surface area contributed by atoms with Gasteiger partial charge >= 0.3 is 0 Å². The van der Waals surface area contributed by atoms with Crippen LogP contribution >= 0.6 is 12.4 Å². The number of nitrogens with zero attached hydrogens (tertiary/aromatic N) is 4. The number of halogens is 6. The lowest BCUT2D eigenvalue weighted by Gasteiger charge is -2.50. The van der Waals surface area contributed by atoms with Crippen molar-refractivity contribution in [3.8, 4) is 0 Å². The highest BCUT2D eigenvalue weighted by molar-refractivity contribution is 7.89. The highest BCUT2D eigenvalue weighted by atomic mass is 35.5. The van der Waals surface area contributed by atoms with Gasteiger partial charge in [-0.3, -0.25) is 9.69 Å². The molecule has 0 atom stereocenters. The maximum absolute atomic E-state index is 14.1. The Kier molecular flexibility index (Phi) is 8.57. The molecule has 0 bridgehead atoms. The summed E-state index contributed by atoms with van der Waals surface area (Å²) >= 11 is 0. The number of carbonyl (C=O) groups is 1. The molecule has 1 aromatic heterocycles. The third kappa shape index (κ3) is 6.07. The molecule has 2 heterocycles. The van der Waals surface area contributed by atoms with Crippen molar-refractivity contribution in [2.75, 3.05) is 32.7 Å². The van der Waals surface area contributed by atoms with Crippen LogP contribution < -0.4 is 5.32 Å². The van der Waals surface area contributed by atoms with Gasteiger partial charge in [-0.2, -0.15) is 4.31 Å². The monoisotopic (exact) mass is 571 g/mol. The number of imidazole rings is 1. The van der Waals surface area contributed by atoms with Gasteiger partial charge in [-0.05, 0) is 12.8 Å².